The zero-order chi connectivity index (χ0) is 22.3. The summed E-state index contributed by atoms with van der Waals surface area (Å²) in [5, 5.41) is -0.216. The van der Waals surface area contributed by atoms with Crippen LogP contribution in [0.2, 0.25) is 21.4 Å². The molecule has 0 bridgehead atoms. The van der Waals surface area contributed by atoms with Crippen molar-refractivity contribution < 1.29 is 9.22 Å². The second-order valence-corrected chi connectivity index (χ2v) is 17.4. The monoisotopic (exact) mass is 510 g/mol. The summed E-state index contributed by atoms with van der Waals surface area (Å²) in [5.74, 6) is -0.0813. The van der Waals surface area contributed by atoms with Gasteiger partial charge in [0.25, 0.3) is 0 Å². The van der Waals surface area contributed by atoms with Gasteiger partial charge in [0.2, 0.25) is 0 Å². The van der Waals surface area contributed by atoms with Gasteiger partial charge in [0.1, 0.15) is 0 Å². The quantitative estimate of drug-likeness (QED) is 0.257. The average molecular weight is 510 g/mol. The molecule has 0 saturated heterocycles. The summed E-state index contributed by atoms with van der Waals surface area (Å²) in [7, 11) is -2.25. The molecule has 5 heteroatoms. The van der Waals surface area contributed by atoms with Crippen LogP contribution < -0.4 is 4.46 Å². The second kappa shape index (κ2) is 11.5. The van der Waals surface area contributed by atoms with Crippen LogP contribution in [0.5, 0.6) is 0 Å². The number of rotatable bonds is 10. The fourth-order valence-electron chi connectivity index (χ4n) is 4.49. The Morgan fingerprint density at radius 2 is 1.33 bits per heavy atom. The van der Waals surface area contributed by atoms with E-state index >= 15 is 0 Å². The molecular weight excluding hydrogens is 475 g/mol. The molecule has 2 aromatic rings. The van der Waals surface area contributed by atoms with E-state index in [1.165, 1.54) is 4.46 Å². The number of hydrogen-bond donors (Lipinski definition) is 0. The normalized spacial score (nSPS) is 14.2. The third kappa shape index (κ3) is 6.23. The molecule has 0 amide bonds. The molecule has 0 unspecified atom stereocenters. The van der Waals surface area contributed by atoms with Crippen LogP contribution in [0.4, 0.5) is 0 Å². The Morgan fingerprint density at radius 3 is 1.80 bits per heavy atom. The molecule has 0 saturated carbocycles. The molecule has 0 spiro atoms. The first-order valence-electron chi connectivity index (χ1n) is 10.8. The minimum atomic E-state index is -2.25. The Morgan fingerprint density at radius 1 is 0.867 bits per heavy atom. The SMILES string of the molecule is CC(C)[Si](OC(=O)C[C@@H]([Se]c1ccccc1)[C@@H](Cl)c1ccccc1)(C(C)C)C(C)C. The van der Waals surface area contributed by atoms with Gasteiger partial charge < -0.3 is 0 Å². The first-order valence-corrected chi connectivity index (χ1v) is 15.2. The number of hydrogen-bond acceptors (Lipinski definition) is 2. The van der Waals surface area contributed by atoms with Crippen LogP contribution in [-0.4, -0.2) is 29.2 Å². The summed E-state index contributed by atoms with van der Waals surface area (Å²) in [6.45, 7) is 13.2. The topological polar surface area (TPSA) is 26.3 Å². The molecule has 0 heterocycles. The van der Waals surface area contributed by atoms with Crippen molar-refractivity contribution in [3.05, 3.63) is 66.2 Å². The van der Waals surface area contributed by atoms with Crippen LogP contribution in [0.25, 0.3) is 0 Å². The van der Waals surface area contributed by atoms with Gasteiger partial charge in [-0.15, -0.1) is 0 Å². The van der Waals surface area contributed by atoms with Crippen LogP contribution in [0.15, 0.2) is 60.7 Å². The number of carbonyl (C=O) groups is 1. The third-order valence-electron chi connectivity index (χ3n) is 5.84. The van der Waals surface area contributed by atoms with Crippen molar-refractivity contribution in [2.45, 2.75) is 74.8 Å². The summed E-state index contributed by atoms with van der Waals surface area (Å²) < 4.78 is 7.68. The molecule has 2 atom stereocenters. The van der Waals surface area contributed by atoms with E-state index in [1.807, 2.05) is 48.5 Å². The van der Waals surface area contributed by atoms with Gasteiger partial charge in [-0.3, -0.25) is 0 Å². The molecule has 2 rings (SSSR count). The van der Waals surface area contributed by atoms with Crippen molar-refractivity contribution in [2.75, 3.05) is 0 Å². The molecule has 30 heavy (non-hydrogen) atoms. The average Bonchev–Trinajstić information content (AvgIpc) is 2.71. The Labute approximate surface area is 195 Å². The summed E-state index contributed by atoms with van der Waals surface area (Å²) >= 11 is 7.01. The van der Waals surface area contributed by atoms with Gasteiger partial charge in [0, 0.05) is 0 Å². The van der Waals surface area contributed by atoms with Gasteiger partial charge in [-0.1, -0.05) is 0 Å². The van der Waals surface area contributed by atoms with Gasteiger partial charge in [0.05, 0.1) is 0 Å². The fourth-order valence-corrected chi connectivity index (χ4v) is 12.6. The predicted molar refractivity (Wildman–Crippen MR) is 132 cm³/mol. The predicted octanol–water partition coefficient (Wildman–Crippen LogP) is 6.89. The minimum absolute atomic E-state index is 0.0367. The van der Waals surface area contributed by atoms with Crippen molar-refractivity contribution in [3.8, 4) is 0 Å². The Hall–Kier alpha value is -1.06. The molecule has 0 aliphatic heterocycles. The van der Waals surface area contributed by atoms with E-state index in [4.69, 9.17) is 16.0 Å². The van der Waals surface area contributed by atoms with E-state index in [-0.39, 0.29) is 31.1 Å². The van der Waals surface area contributed by atoms with Crippen LogP contribution >= 0.6 is 11.6 Å². The Balaban J connectivity index is 2.27. The van der Waals surface area contributed by atoms with E-state index < -0.39 is 8.32 Å². The number of benzene rings is 2. The molecule has 0 fully saturated rings. The first kappa shape index (κ1) is 25.2. The molecular formula is C25H35ClO2SeSi. The maximum absolute atomic E-state index is 13.3. The van der Waals surface area contributed by atoms with Crippen LogP contribution in [0.3, 0.4) is 0 Å². The molecule has 0 radical (unpaired) electrons. The van der Waals surface area contributed by atoms with Gasteiger partial charge in [0.15, 0.2) is 0 Å². The van der Waals surface area contributed by atoms with Crippen molar-refractivity contribution in [1.29, 1.82) is 0 Å². The van der Waals surface area contributed by atoms with E-state index in [1.54, 1.807) is 0 Å². The summed E-state index contributed by atoms with van der Waals surface area (Å²) in [5.41, 5.74) is 2.19. The van der Waals surface area contributed by atoms with Gasteiger partial charge in [-0.2, -0.15) is 0 Å². The summed E-state index contributed by atoms with van der Waals surface area (Å²) in [6, 6.07) is 20.5. The number of halogens is 1. The fraction of sp³-hybridized carbons (Fsp3) is 0.480. The van der Waals surface area contributed by atoms with E-state index in [2.05, 4.69) is 53.7 Å². The summed E-state index contributed by atoms with van der Waals surface area (Å²) in [6.07, 6.45) is 0.360. The summed E-state index contributed by atoms with van der Waals surface area (Å²) in [4.78, 5) is 13.3. The van der Waals surface area contributed by atoms with Gasteiger partial charge >= 0.3 is 196 Å². The Bertz CT molecular complexity index is 758. The van der Waals surface area contributed by atoms with Crippen molar-refractivity contribution in [3.63, 3.8) is 0 Å². The number of alkyl halides is 1. The molecule has 2 nitrogen and oxygen atoms in total. The standard InChI is InChI=1S/C25H35ClO2SeSi/c1-18(2)30(19(3)4,20(5)6)28-24(27)17-23(29-22-15-11-8-12-16-22)25(26)21-13-9-7-10-14-21/h7-16,18-20,23,25H,17H2,1-6H3/t23-,25+/m1/s1. The zero-order valence-corrected chi connectivity index (χ0v) is 22.4. The molecule has 0 aliphatic carbocycles. The van der Waals surface area contributed by atoms with Crippen molar-refractivity contribution in [2.24, 2.45) is 0 Å². The van der Waals surface area contributed by atoms with Gasteiger partial charge in [-0.05, 0) is 0 Å². The maximum atomic E-state index is 13.3. The first-order chi connectivity index (χ1) is 14.2. The zero-order valence-electron chi connectivity index (χ0n) is 19.0. The van der Waals surface area contributed by atoms with Gasteiger partial charge in [-0.25, -0.2) is 0 Å². The van der Waals surface area contributed by atoms with Crippen molar-refractivity contribution >= 4 is 45.3 Å². The molecule has 2 aromatic carbocycles. The molecule has 0 N–H and O–H groups in total. The van der Waals surface area contributed by atoms with Crippen LogP contribution in [0, 0.1) is 0 Å². The molecule has 0 aromatic heterocycles. The van der Waals surface area contributed by atoms with E-state index in [0.717, 1.165) is 5.56 Å². The third-order valence-corrected chi connectivity index (χ3v) is 15.4. The molecule has 0 aliphatic rings. The van der Waals surface area contributed by atoms with E-state index in [0.29, 0.717) is 23.0 Å². The van der Waals surface area contributed by atoms with Crippen molar-refractivity contribution in [1.82, 2.24) is 0 Å². The van der Waals surface area contributed by atoms with Crippen LogP contribution in [0.1, 0.15) is 58.9 Å². The van der Waals surface area contributed by atoms with E-state index in [9.17, 15) is 4.79 Å². The molecule has 164 valence electrons. The Kier molecular flexibility index (Phi) is 9.68. The number of carbonyl (C=O) groups excluding carboxylic acids is 1. The second-order valence-electron chi connectivity index (χ2n) is 8.78. The van der Waals surface area contributed by atoms with Crippen LogP contribution in [-0.2, 0) is 9.22 Å².